The molecule has 26 heavy (non-hydrogen) atoms. The van der Waals surface area contributed by atoms with Gasteiger partial charge in [0.05, 0.1) is 5.52 Å². The van der Waals surface area contributed by atoms with Crippen LogP contribution in [-0.2, 0) is 6.54 Å². The summed E-state index contributed by atoms with van der Waals surface area (Å²) in [4.78, 5) is 10.0. The molecule has 1 saturated carbocycles. The van der Waals surface area contributed by atoms with Crippen molar-refractivity contribution in [3.8, 4) is 0 Å². The zero-order valence-corrected chi connectivity index (χ0v) is 15.9. The molecular formula is C23H31N3. The van der Waals surface area contributed by atoms with E-state index in [1.807, 2.05) is 6.20 Å². The predicted octanol–water partition coefficient (Wildman–Crippen LogP) is 4.32. The molecule has 138 valence electrons. The maximum absolute atomic E-state index is 4.53. The number of pyridine rings is 1. The zero-order valence-electron chi connectivity index (χ0n) is 15.9. The Morgan fingerprint density at radius 3 is 2.73 bits per heavy atom. The van der Waals surface area contributed by atoms with Crippen molar-refractivity contribution < 1.29 is 0 Å². The molecule has 3 heterocycles. The normalized spacial score (nSPS) is 28.0. The summed E-state index contributed by atoms with van der Waals surface area (Å²) in [5.41, 5.74) is 3.13. The number of likely N-dealkylation sites (tertiary alicyclic amines) is 2. The first-order valence-corrected chi connectivity index (χ1v) is 10.6. The summed E-state index contributed by atoms with van der Waals surface area (Å²) >= 11 is 0. The first-order chi connectivity index (χ1) is 12.8. The van der Waals surface area contributed by atoms with Gasteiger partial charge in [-0.2, -0.15) is 0 Å². The molecular weight excluding hydrogens is 318 g/mol. The van der Waals surface area contributed by atoms with Gasteiger partial charge in [-0.15, -0.1) is 0 Å². The van der Waals surface area contributed by atoms with E-state index in [4.69, 9.17) is 0 Å². The van der Waals surface area contributed by atoms with E-state index in [9.17, 15) is 0 Å². The molecule has 1 aromatic heterocycles. The van der Waals surface area contributed by atoms with E-state index >= 15 is 0 Å². The number of benzene rings is 1. The number of hydrogen-bond donors (Lipinski definition) is 0. The maximum Gasteiger partial charge on any atom is 0.0705 e. The monoisotopic (exact) mass is 349 g/mol. The van der Waals surface area contributed by atoms with Crippen LogP contribution in [0.25, 0.3) is 10.9 Å². The van der Waals surface area contributed by atoms with Gasteiger partial charge >= 0.3 is 0 Å². The number of nitrogens with zero attached hydrogens (tertiary/aromatic N) is 3. The molecule has 2 aliphatic heterocycles. The van der Waals surface area contributed by atoms with Crippen LogP contribution in [0, 0.1) is 11.3 Å². The van der Waals surface area contributed by atoms with Crippen molar-refractivity contribution >= 4 is 10.9 Å². The van der Waals surface area contributed by atoms with Gasteiger partial charge in [0.2, 0.25) is 0 Å². The fourth-order valence-corrected chi connectivity index (χ4v) is 5.54. The Kier molecular flexibility index (Phi) is 4.46. The molecule has 3 aliphatic rings. The summed E-state index contributed by atoms with van der Waals surface area (Å²) < 4.78 is 0. The maximum atomic E-state index is 4.53. The molecule has 2 aromatic rings. The zero-order chi connectivity index (χ0) is 17.4. The second-order valence-electron chi connectivity index (χ2n) is 9.08. The van der Waals surface area contributed by atoms with Crippen molar-refractivity contribution in [2.24, 2.45) is 11.3 Å². The Morgan fingerprint density at radius 1 is 0.962 bits per heavy atom. The van der Waals surface area contributed by atoms with Crippen LogP contribution in [-0.4, -0.2) is 47.5 Å². The molecule has 1 aliphatic carbocycles. The van der Waals surface area contributed by atoms with Crippen LogP contribution < -0.4 is 0 Å². The number of rotatable bonds is 4. The largest absolute Gasteiger partial charge is 0.302 e. The van der Waals surface area contributed by atoms with Gasteiger partial charge in [-0.1, -0.05) is 24.6 Å². The highest BCUT2D eigenvalue weighted by molar-refractivity contribution is 5.81. The molecule has 3 nitrogen and oxygen atoms in total. The molecule has 1 unspecified atom stereocenters. The minimum Gasteiger partial charge on any atom is -0.302 e. The van der Waals surface area contributed by atoms with E-state index in [2.05, 4.69) is 45.1 Å². The lowest BCUT2D eigenvalue weighted by Gasteiger charge is -2.43. The van der Waals surface area contributed by atoms with Gasteiger partial charge in [-0.25, -0.2) is 0 Å². The van der Waals surface area contributed by atoms with Crippen molar-refractivity contribution in [3.05, 3.63) is 42.1 Å². The minimum atomic E-state index is 0.560. The van der Waals surface area contributed by atoms with E-state index in [0.29, 0.717) is 5.41 Å². The van der Waals surface area contributed by atoms with Crippen LogP contribution in [0.2, 0.25) is 0 Å². The van der Waals surface area contributed by atoms with Gasteiger partial charge in [-0.05, 0) is 74.2 Å². The highest BCUT2D eigenvalue weighted by Crippen LogP contribution is 2.40. The molecule has 0 bridgehead atoms. The van der Waals surface area contributed by atoms with Crippen molar-refractivity contribution in [1.29, 1.82) is 0 Å². The first-order valence-electron chi connectivity index (χ1n) is 10.6. The van der Waals surface area contributed by atoms with E-state index < -0.39 is 0 Å². The van der Waals surface area contributed by atoms with Gasteiger partial charge in [0.25, 0.3) is 0 Å². The number of fused-ring (bicyclic) bond motifs is 1. The Bertz CT molecular complexity index is 764. The molecule has 0 N–H and O–H groups in total. The molecule has 0 amide bonds. The van der Waals surface area contributed by atoms with E-state index in [1.165, 1.54) is 82.2 Å². The summed E-state index contributed by atoms with van der Waals surface area (Å²) in [5.74, 6) is 1.01. The summed E-state index contributed by atoms with van der Waals surface area (Å²) in [7, 11) is 0. The van der Waals surface area contributed by atoms with Gasteiger partial charge in [0, 0.05) is 37.8 Å². The van der Waals surface area contributed by atoms with Crippen LogP contribution in [0.5, 0.6) is 0 Å². The summed E-state index contributed by atoms with van der Waals surface area (Å²) in [6.07, 6.45) is 10.6. The van der Waals surface area contributed by atoms with Crippen molar-refractivity contribution in [1.82, 2.24) is 14.8 Å². The third-order valence-electron chi connectivity index (χ3n) is 7.13. The highest BCUT2D eigenvalue weighted by atomic mass is 15.2. The van der Waals surface area contributed by atoms with Crippen LogP contribution >= 0.6 is 0 Å². The van der Waals surface area contributed by atoms with E-state index in [1.54, 1.807) is 0 Å². The van der Waals surface area contributed by atoms with Gasteiger partial charge in [-0.3, -0.25) is 9.88 Å². The van der Waals surface area contributed by atoms with Crippen LogP contribution in [0.1, 0.15) is 44.1 Å². The predicted molar refractivity (Wildman–Crippen MR) is 107 cm³/mol. The Labute approximate surface area is 157 Å². The third kappa shape index (κ3) is 3.27. The molecule has 3 fully saturated rings. The van der Waals surface area contributed by atoms with Crippen LogP contribution in [0.15, 0.2) is 36.5 Å². The fourth-order valence-electron chi connectivity index (χ4n) is 5.54. The Hall–Kier alpha value is -1.45. The molecule has 0 radical (unpaired) electrons. The van der Waals surface area contributed by atoms with Gasteiger partial charge < -0.3 is 4.90 Å². The smallest absolute Gasteiger partial charge is 0.0705 e. The van der Waals surface area contributed by atoms with Crippen molar-refractivity contribution in [2.75, 3.05) is 32.7 Å². The first kappa shape index (κ1) is 16.7. The Morgan fingerprint density at radius 2 is 1.85 bits per heavy atom. The lowest BCUT2D eigenvalue weighted by atomic mass is 9.78. The number of aromatic nitrogens is 1. The lowest BCUT2D eigenvalue weighted by Crippen LogP contribution is -2.47. The molecule has 5 rings (SSSR count). The Balaban J connectivity index is 1.26. The van der Waals surface area contributed by atoms with E-state index in [-0.39, 0.29) is 0 Å². The van der Waals surface area contributed by atoms with E-state index in [0.717, 1.165) is 18.0 Å². The third-order valence-corrected chi connectivity index (χ3v) is 7.13. The van der Waals surface area contributed by atoms with Gasteiger partial charge in [0.15, 0.2) is 0 Å². The van der Waals surface area contributed by atoms with Crippen molar-refractivity contribution in [2.45, 2.75) is 45.1 Å². The fraction of sp³-hybridized carbons (Fsp3) is 0.609. The summed E-state index contributed by atoms with van der Waals surface area (Å²) in [6.45, 7) is 7.67. The number of hydrogen-bond acceptors (Lipinski definition) is 3. The van der Waals surface area contributed by atoms with Crippen LogP contribution in [0.4, 0.5) is 0 Å². The second-order valence-corrected chi connectivity index (χ2v) is 9.08. The molecule has 2 saturated heterocycles. The highest BCUT2D eigenvalue weighted by Gasteiger charge is 2.41. The minimum absolute atomic E-state index is 0.560. The molecule has 1 spiro atoms. The molecule has 1 aromatic carbocycles. The standard InChI is InChI=1S/C23H31N3/c1-2-8-22-21(7-1)20(9-12-24-22)16-26-14-11-23(18-26)10-4-13-25(17-23)15-19-5-3-6-19/h1-2,7-9,12,19H,3-6,10-11,13-18H2. The average Bonchev–Trinajstić information content (AvgIpc) is 3.00. The lowest BCUT2D eigenvalue weighted by molar-refractivity contribution is 0.0669. The summed E-state index contributed by atoms with van der Waals surface area (Å²) in [5, 5.41) is 1.33. The number of para-hydroxylation sites is 1. The molecule has 3 heteroatoms. The topological polar surface area (TPSA) is 19.4 Å². The molecule has 1 atom stereocenters. The summed E-state index contributed by atoms with van der Waals surface area (Å²) in [6, 6.07) is 10.8. The average molecular weight is 350 g/mol. The number of piperidine rings is 1. The van der Waals surface area contributed by atoms with Gasteiger partial charge in [0.1, 0.15) is 0 Å². The van der Waals surface area contributed by atoms with Crippen molar-refractivity contribution in [3.63, 3.8) is 0 Å². The quantitative estimate of drug-likeness (QED) is 0.819. The SMILES string of the molecule is c1ccc2c(CN3CCC4(CCCN(CC5CCC5)C4)C3)ccnc2c1. The second kappa shape index (κ2) is 6.94. The van der Waals surface area contributed by atoms with Crippen LogP contribution in [0.3, 0.4) is 0 Å².